The van der Waals surface area contributed by atoms with Crippen molar-refractivity contribution in [3.05, 3.63) is 35.7 Å². The van der Waals surface area contributed by atoms with Crippen molar-refractivity contribution in [3.63, 3.8) is 0 Å². The van der Waals surface area contributed by atoms with Crippen molar-refractivity contribution in [3.8, 4) is 11.4 Å². The molecule has 1 aromatic heterocycles. The molecule has 4 N–H and O–H groups in total. The number of aromatic nitrogens is 2. The number of nitrogens with zero attached hydrogens (tertiary/aromatic N) is 2. The van der Waals surface area contributed by atoms with Crippen LogP contribution in [0.2, 0.25) is 0 Å². The van der Waals surface area contributed by atoms with Crippen LogP contribution in [0.5, 0.6) is 0 Å². The third-order valence-corrected chi connectivity index (χ3v) is 4.73. The summed E-state index contributed by atoms with van der Waals surface area (Å²) < 4.78 is 31.2. The van der Waals surface area contributed by atoms with Crippen molar-refractivity contribution >= 4 is 15.9 Å². The summed E-state index contributed by atoms with van der Waals surface area (Å²) in [6, 6.07) is 7.32. The maximum atomic E-state index is 11.9. The Bertz CT molecular complexity index is 831. The van der Waals surface area contributed by atoms with E-state index in [2.05, 4.69) is 20.2 Å². The number of rotatable bonds is 9. The minimum Gasteiger partial charge on any atom is -0.353 e. The van der Waals surface area contributed by atoms with Gasteiger partial charge in [0, 0.05) is 24.6 Å². The summed E-state index contributed by atoms with van der Waals surface area (Å²) in [6.45, 7) is 3.73. The number of aryl methyl sites for hydroxylation is 1. The molecule has 0 radical (unpaired) electrons. The van der Waals surface area contributed by atoms with E-state index in [-0.39, 0.29) is 36.6 Å². The minimum atomic E-state index is -3.63. The average Bonchev–Trinajstić information content (AvgIpc) is 3.07. The van der Waals surface area contributed by atoms with Gasteiger partial charge in [-0.05, 0) is 19.4 Å². The lowest BCUT2D eigenvalue weighted by Crippen LogP contribution is -2.40. The van der Waals surface area contributed by atoms with Gasteiger partial charge < -0.3 is 15.6 Å². The molecule has 0 aliphatic heterocycles. The topological polar surface area (TPSA) is 140 Å². The van der Waals surface area contributed by atoms with Gasteiger partial charge in [0.1, 0.15) is 0 Å². The predicted molar refractivity (Wildman–Crippen MR) is 96.4 cm³/mol. The fraction of sp³-hybridized carbons (Fsp3) is 0.438. The van der Waals surface area contributed by atoms with E-state index in [1.54, 1.807) is 13.8 Å². The van der Waals surface area contributed by atoms with Crippen LogP contribution in [0.4, 0.5) is 0 Å². The Labute approximate surface area is 152 Å². The molecule has 1 amide bonds. The molecule has 142 valence electrons. The minimum absolute atomic E-state index is 0.0506. The summed E-state index contributed by atoms with van der Waals surface area (Å²) in [5.74, 6) is -0.0508. The van der Waals surface area contributed by atoms with E-state index in [4.69, 9.17) is 10.3 Å². The van der Waals surface area contributed by atoms with E-state index < -0.39 is 10.0 Å². The lowest BCUT2D eigenvalue weighted by Gasteiger charge is -2.09. The van der Waals surface area contributed by atoms with E-state index >= 15 is 0 Å². The van der Waals surface area contributed by atoms with Gasteiger partial charge in [0.05, 0.1) is 12.3 Å². The molecule has 9 nitrogen and oxygen atoms in total. The van der Waals surface area contributed by atoms with E-state index in [1.807, 2.05) is 24.3 Å². The van der Waals surface area contributed by atoms with Crippen LogP contribution in [-0.4, -0.2) is 42.8 Å². The predicted octanol–water partition coefficient (Wildman–Crippen LogP) is 0.182. The molecule has 0 fully saturated rings. The smallest absolute Gasteiger partial charge is 0.235 e. The molecule has 0 spiro atoms. The monoisotopic (exact) mass is 381 g/mol. The van der Waals surface area contributed by atoms with Crippen molar-refractivity contribution in [1.29, 1.82) is 0 Å². The van der Waals surface area contributed by atoms with Gasteiger partial charge in [-0.25, -0.2) is 13.1 Å². The second-order valence-electron chi connectivity index (χ2n) is 6.02. The summed E-state index contributed by atoms with van der Waals surface area (Å²) >= 11 is 0. The van der Waals surface area contributed by atoms with Gasteiger partial charge in [-0.15, -0.1) is 0 Å². The van der Waals surface area contributed by atoms with Crippen LogP contribution in [0, 0.1) is 0 Å². The maximum absolute atomic E-state index is 11.9. The number of nitrogens with one attached hydrogen (secondary N) is 2. The van der Waals surface area contributed by atoms with Gasteiger partial charge in [-0.3, -0.25) is 4.79 Å². The molecular formula is C16H23N5O4S. The van der Waals surface area contributed by atoms with E-state index in [0.717, 1.165) is 11.1 Å². The molecule has 0 atom stereocenters. The quantitative estimate of drug-likeness (QED) is 0.563. The van der Waals surface area contributed by atoms with Crippen molar-refractivity contribution in [1.82, 2.24) is 20.2 Å². The third-order valence-electron chi connectivity index (χ3n) is 3.40. The Hall–Kier alpha value is -2.30. The first-order chi connectivity index (χ1) is 12.3. The van der Waals surface area contributed by atoms with Crippen LogP contribution in [0.3, 0.4) is 0 Å². The zero-order chi connectivity index (χ0) is 19.2. The highest BCUT2D eigenvalue weighted by molar-refractivity contribution is 7.89. The lowest BCUT2D eigenvalue weighted by molar-refractivity contribution is -0.120. The van der Waals surface area contributed by atoms with Crippen LogP contribution in [0.25, 0.3) is 11.4 Å². The molecular weight excluding hydrogens is 358 g/mol. The Kier molecular flexibility index (Phi) is 6.83. The van der Waals surface area contributed by atoms with Gasteiger partial charge in [-0.1, -0.05) is 29.4 Å². The summed E-state index contributed by atoms with van der Waals surface area (Å²) in [5.41, 5.74) is 7.29. The number of sulfonamides is 1. The molecule has 0 saturated heterocycles. The maximum Gasteiger partial charge on any atom is 0.235 e. The van der Waals surface area contributed by atoms with Crippen LogP contribution < -0.4 is 15.8 Å². The Morgan fingerprint density at radius 3 is 2.58 bits per heavy atom. The standard InChI is InChI=1S/C16H23N5O4S/c1-11(2)19-14(22)10-18-26(23,24)8-7-15-20-16(21-25-15)13-5-3-12(9-17)4-6-13/h3-6,11,18H,7-10,17H2,1-2H3,(H,19,22). The molecule has 1 heterocycles. The Morgan fingerprint density at radius 1 is 1.27 bits per heavy atom. The Balaban J connectivity index is 1.89. The average molecular weight is 381 g/mol. The molecule has 0 aliphatic rings. The first kappa shape index (κ1) is 20.0. The van der Waals surface area contributed by atoms with Crippen LogP contribution in [0.15, 0.2) is 28.8 Å². The number of carbonyl (C=O) groups excluding carboxylic acids is 1. The molecule has 0 aliphatic carbocycles. The number of hydrogen-bond acceptors (Lipinski definition) is 7. The summed E-state index contributed by atoms with van der Waals surface area (Å²) in [5, 5.41) is 6.46. The van der Waals surface area contributed by atoms with Gasteiger partial charge >= 0.3 is 0 Å². The third kappa shape index (κ3) is 6.21. The first-order valence-electron chi connectivity index (χ1n) is 8.17. The molecule has 2 rings (SSSR count). The SMILES string of the molecule is CC(C)NC(=O)CNS(=O)(=O)CCc1nc(-c2ccc(CN)cc2)no1. The zero-order valence-corrected chi connectivity index (χ0v) is 15.5. The normalized spacial score (nSPS) is 11.7. The number of amides is 1. The molecule has 10 heteroatoms. The second kappa shape index (κ2) is 8.88. The van der Waals surface area contributed by atoms with E-state index in [0.29, 0.717) is 12.4 Å². The lowest BCUT2D eigenvalue weighted by atomic mass is 10.1. The Morgan fingerprint density at radius 2 is 1.96 bits per heavy atom. The fourth-order valence-electron chi connectivity index (χ4n) is 2.11. The summed E-state index contributed by atoms with van der Waals surface area (Å²) in [6.07, 6.45) is 0.0506. The van der Waals surface area contributed by atoms with Crippen molar-refractivity contribution in [2.24, 2.45) is 5.73 Å². The van der Waals surface area contributed by atoms with Gasteiger partial charge in [0.25, 0.3) is 0 Å². The summed E-state index contributed by atoms with van der Waals surface area (Å²) in [7, 11) is -3.63. The number of hydrogen-bond donors (Lipinski definition) is 3. The largest absolute Gasteiger partial charge is 0.353 e. The van der Waals surface area contributed by atoms with Gasteiger partial charge in [0.15, 0.2) is 0 Å². The highest BCUT2D eigenvalue weighted by atomic mass is 32.2. The van der Waals surface area contributed by atoms with E-state index in [1.165, 1.54) is 0 Å². The van der Waals surface area contributed by atoms with Gasteiger partial charge in [0.2, 0.25) is 27.6 Å². The highest BCUT2D eigenvalue weighted by Crippen LogP contribution is 2.16. The van der Waals surface area contributed by atoms with Crippen LogP contribution in [-0.2, 0) is 27.8 Å². The number of benzene rings is 1. The highest BCUT2D eigenvalue weighted by Gasteiger charge is 2.16. The molecule has 0 bridgehead atoms. The van der Waals surface area contributed by atoms with Crippen molar-refractivity contribution in [2.75, 3.05) is 12.3 Å². The molecule has 1 aromatic carbocycles. The zero-order valence-electron chi connectivity index (χ0n) is 14.7. The van der Waals surface area contributed by atoms with Crippen molar-refractivity contribution < 1.29 is 17.7 Å². The summed E-state index contributed by atoms with van der Waals surface area (Å²) in [4.78, 5) is 15.7. The number of nitrogens with two attached hydrogens (primary N) is 1. The first-order valence-corrected chi connectivity index (χ1v) is 9.83. The van der Waals surface area contributed by atoms with Gasteiger partial charge in [-0.2, -0.15) is 4.98 Å². The molecule has 0 saturated carbocycles. The number of carbonyl (C=O) groups is 1. The fourth-order valence-corrected chi connectivity index (χ4v) is 3.04. The molecule has 0 unspecified atom stereocenters. The van der Waals surface area contributed by atoms with Crippen molar-refractivity contribution in [2.45, 2.75) is 32.9 Å². The van der Waals surface area contributed by atoms with Crippen LogP contribution in [0.1, 0.15) is 25.3 Å². The molecule has 2 aromatic rings. The molecule has 26 heavy (non-hydrogen) atoms. The van der Waals surface area contributed by atoms with E-state index in [9.17, 15) is 13.2 Å². The second-order valence-corrected chi connectivity index (χ2v) is 7.95. The van der Waals surface area contributed by atoms with Crippen LogP contribution >= 0.6 is 0 Å².